The van der Waals surface area contributed by atoms with Gasteiger partial charge in [0.05, 0.1) is 0 Å². The first-order valence-electron chi connectivity index (χ1n) is 4.50. The lowest BCUT2D eigenvalue weighted by Crippen LogP contribution is -2.18. The molecule has 13 heavy (non-hydrogen) atoms. The average molecular weight is 181 g/mol. The highest BCUT2D eigenvalue weighted by molar-refractivity contribution is 5.86. The van der Waals surface area contributed by atoms with Crippen LogP contribution in [0, 0.1) is 5.92 Å². The molecule has 1 atom stereocenters. The van der Waals surface area contributed by atoms with Gasteiger partial charge in [0.1, 0.15) is 5.70 Å². The summed E-state index contributed by atoms with van der Waals surface area (Å²) in [6.07, 6.45) is 5.73. The Morgan fingerprint density at radius 3 is 2.85 bits per heavy atom. The van der Waals surface area contributed by atoms with Crippen LogP contribution in [-0.2, 0) is 4.79 Å². The number of carboxylic acid groups (broad SMARTS) is 1. The minimum Gasteiger partial charge on any atom is -0.477 e. The molecule has 0 amide bonds. The fourth-order valence-electron chi connectivity index (χ4n) is 1.42. The quantitative estimate of drug-likeness (QED) is 0.653. The van der Waals surface area contributed by atoms with Crippen LogP contribution < -0.4 is 5.32 Å². The minimum atomic E-state index is -0.900. The SMILES string of the molecule is C/C=C(\NC1=CC(C)CC1)C(=O)O. The zero-order valence-corrected chi connectivity index (χ0v) is 8.00. The Hall–Kier alpha value is -1.25. The second kappa shape index (κ2) is 4.12. The van der Waals surface area contributed by atoms with Gasteiger partial charge < -0.3 is 10.4 Å². The van der Waals surface area contributed by atoms with E-state index in [-0.39, 0.29) is 5.70 Å². The molecule has 0 saturated heterocycles. The maximum Gasteiger partial charge on any atom is 0.351 e. The molecular formula is C10H15NO2. The Morgan fingerprint density at radius 1 is 1.77 bits per heavy atom. The van der Waals surface area contributed by atoms with Gasteiger partial charge in [-0.05, 0) is 25.7 Å². The highest BCUT2D eigenvalue weighted by Crippen LogP contribution is 2.21. The maximum atomic E-state index is 10.6. The van der Waals surface area contributed by atoms with Gasteiger partial charge >= 0.3 is 5.97 Å². The highest BCUT2D eigenvalue weighted by atomic mass is 16.4. The first-order chi connectivity index (χ1) is 6.13. The number of hydrogen-bond donors (Lipinski definition) is 2. The van der Waals surface area contributed by atoms with Gasteiger partial charge in [0.2, 0.25) is 0 Å². The van der Waals surface area contributed by atoms with Gasteiger partial charge in [0.15, 0.2) is 0 Å². The lowest BCUT2D eigenvalue weighted by atomic mass is 10.2. The predicted molar refractivity (Wildman–Crippen MR) is 51.0 cm³/mol. The van der Waals surface area contributed by atoms with E-state index in [1.807, 2.05) is 0 Å². The summed E-state index contributed by atoms with van der Waals surface area (Å²) in [5, 5.41) is 11.7. The summed E-state index contributed by atoms with van der Waals surface area (Å²) in [6, 6.07) is 0. The molecule has 0 aromatic rings. The van der Waals surface area contributed by atoms with Crippen molar-refractivity contribution in [3.8, 4) is 0 Å². The number of carboxylic acids is 1. The van der Waals surface area contributed by atoms with Crippen LogP contribution in [0.25, 0.3) is 0 Å². The van der Waals surface area contributed by atoms with E-state index in [0.717, 1.165) is 18.5 Å². The summed E-state index contributed by atoms with van der Waals surface area (Å²) in [5.41, 5.74) is 1.29. The molecule has 1 unspecified atom stereocenters. The normalized spacial score (nSPS) is 22.8. The van der Waals surface area contributed by atoms with Gasteiger partial charge in [-0.2, -0.15) is 0 Å². The smallest absolute Gasteiger partial charge is 0.351 e. The molecule has 1 aliphatic carbocycles. The molecule has 0 saturated carbocycles. The molecule has 2 N–H and O–H groups in total. The van der Waals surface area contributed by atoms with Gasteiger partial charge in [0, 0.05) is 5.70 Å². The van der Waals surface area contributed by atoms with E-state index in [2.05, 4.69) is 18.3 Å². The summed E-state index contributed by atoms with van der Waals surface area (Å²) in [6.45, 7) is 3.85. The van der Waals surface area contributed by atoms with Gasteiger partial charge in [-0.3, -0.25) is 0 Å². The van der Waals surface area contributed by atoms with E-state index in [1.165, 1.54) is 0 Å². The molecule has 1 rings (SSSR count). The first-order valence-corrected chi connectivity index (χ1v) is 4.50. The first kappa shape index (κ1) is 9.84. The van der Waals surface area contributed by atoms with Crippen molar-refractivity contribution in [3.05, 3.63) is 23.5 Å². The lowest BCUT2D eigenvalue weighted by Gasteiger charge is -2.06. The van der Waals surface area contributed by atoms with Crippen molar-refractivity contribution in [2.24, 2.45) is 5.92 Å². The average Bonchev–Trinajstić information content (AvgIpc) is 2.46. The molecule has 0 spiro atoms. The summed E-state index contributed by atoms with van der Waals surface area (Å²) in [5.74, 6) is -0.336. The van der Waals surface area contributed by atoms with E-state index in [4.69, 9.17) is 5.11 Å². The number of carbonyl (C=O) groups is 1. The molecule has 3 heteroatoms. The molecule has 0 fully saturated rings. The highest BCUT2D eigenvalue weighted by Gasteiger charge is 2.14. The van der Waals surface area contributed by atoms with E-state index in [0.29, 0.717) is 5.92 Å². The largest absolute Gasteiger partial charge is 0.477 e. The second-order valence-electron chi connectivity index (χ2n) is 3.34. The third kappa shape index (κ3) is 2.61. The lowest BCUT2D eigenvalue weighted by molar-refractivity contribution is -0.133. The number of allylic oxidation sites excluding steroid dienone is 3. The summed E-state index contributed by atoms with van der Waals surface area (Å²) < 4.78 is 0. The Balaban J connectivity index is 2.58. The molecular weight excluding hydrogens is 166 g/mol. The molecule has 1 aliphatic rings. The van der Waals surface area contributed by atoms with Crippen LogP contribution in [0.3, 0.4) is 0 Å². The molecule has 0 radical (unpaired) electrons. The summed E-state index contributed by atoms with van der Waals surface area (Å²) in [4.78, 5) is 10.6. The standard InChI is InChI=1S/C10H15NO2/c1-3-9(10(12)13)11-8-5-4-7(2)6-8/h3,6-7,11H,4-5H2,1-2H3,(H,12,13)/b9-3-. The molecule has 3 nitrogen and oxygen atoms in total. The Bertz CT molecular complexity index is 266. The van der Waals surface area contributed by atoms with Crippen LogP contribution in [0.2, 0.25) is 0 Å². The third-order valence-electron chi connectivity index (χ3n) is 2.17. The topological polar surface area (TPSA) is 49.3 Å². The summed E-state index contributed by atoms with van der Waals surface area (Å²) >= 11 is 0. The molecule has 0 aromatic carbocycles. The number of hydrogen-bond acceptors (Lipinski definition) is 2. The Morgan fingerprint density at radius 2 is 2.46 bits per heavy atom. The van der Waals surface area contributed by atoms with Crippen LogP contribution in [0.15, 0.2) is 23.5 Å². The van der Waals surface area contributed by atoms with Gasteiger partial charge in [-0.1, -0.05) is 19.1 Å². The van der Waals surface area contributed by atoms with E-state index in [1.54, 1.807) is 13.0 Å². The molecule has 72 valence electrons. The van der Waals surface area contributed by atoms with Crippen molar-refractivity contribution in [2.75, 3.05) is 0 Å². The second-order valence-corrected chi connectivity index (χ2v) is 3.34. The number of aliphatic carboxylic acids is 1. The molecule has 0 aliphatic heterocycles. The number of nitrogens with one attached hydrogen (secondary N) is 1. The predicted octanol–water partition coefficient (Wildman–Crippen LogP) is 1.88. The van der Waals surface area contributed by atoms with E-state index < -0.39 is 5.97 Å². The van der Waals surface area contributed by atoms with Crippen molar-refractivity contribution >= 4 is 5.97 Å². The van der Waals surface area contributed by atoms with Crippen LogP contribution in [0.4, 0.5) is 0 Å². The van der Waals surface area contributed by atoms with E-state index >= 15 is 0 Å². The fraction of sp³-hybridized carbons (Fsp3) is 0.500. The Kier molecular flexibility index (Phi) is 3.12. The summed E-state index contributed by atoms with van der Waals surface area (Å²) in [7, 11) is 0. The van der Waals surface area contributed by atoms with Gasteiger partial charge in [-0.25, -0.2) is 4.79 Å². The van der Waals surface area contributed by atoms with Crippen molar-refractivity contribution < 1.29 is 9.90 Å². The third-order valence-corrected chi connectivity index (χ3v) is 2.17. The van der Waals surface area contributed by atoms with Gasteiger partial charge in [0.25, 0.3) is 0 Å². The van der Waals surface area contributed by atoms with Crippen molar-refractivity contribution in [3.63, 3.8) is 0 Å². The number of rotatable bonds is 3. The van der Waals surface area contributed by atoms with Crippen LogP contribution >= 0.6 is 0 Å². The minimum absolute atomic E-state index is 0.264. The molecule has 0 aromatic heterocycles. The monoisotopic (exact) mass is 181 g/mol. The van der Waals surface area contributed by atoms with Gasteiger partial charge in [-0.15, -0.1) is 0 Å². The zero-order valence-electron chi connectivity index (χ0n) is 8.00. The molecule has 0 heterocycles. The molecule has 0 bridgehead atoms. The van der Waals surface area contributed by atoms with Crippen molar-refractivity contribution in [1.29, 1.82) is 0 Å². The van der Waals surface area contributed by atoms with Crippen LogP contribution in [0.1, 0.15) is 26.7 Å². The van der Waals surface area contributed by atoms with E-state index in [9.17, 15) is 4.79 Å². The van der Waals surface area contributed by atoms with Crippen molar-refractivity contribution in [1.82, 2.24) is 5.32 Å². The maximum absolute atomic E-state index is 10.6. The van der Waals surface area contributed by atoms with Crippen LogP contribution in [-0.4, -0.2) is 11.1 Å². The van der Waals surface area contributed by atoms with Crippen molar-refractivity contribution in [2.45, 2.75) is 26.7 Å². The van der Waals surface area contributed by atoms with Crippen LogP contribution in [0.5, 0.6) is 0 Å². The Labute approximate surface area is 78.1 Å². The fourth-order valence-corrected chi connectivity index (χ4v) is 1.42. The zero-order chi connectivity index (χ0) is 9.84.